The van der Waals surface area contributed by atoms with Crippen LogP contribution < -0.4 is 10.1 Å². The van der Waals surface area contributed by atoms with Crippen LogP contribution in [0, 0.1) is 0 Å². The lowest BCUT2D eigenvalue weighted by molar-refractivity contribution is -0.136. The molecule has 2 aliphatic heterocycles. The van der Waals surface area contributed by atoms with Crippen molar-refractivity contribution in [2.75, 3.05) is 32.2 Å². The van der Waals surface area contributed by atoms with Gasteiger partial charge in [0.1, 0.15) is 5.75 Å². The lowest BCUT2D eigenvalue weighted by Crippen LogP contribution is -2.33. The fraction of sp³-hybridized carbons (Fsp3) is 0.296. The van der Waals surface area contributed by atoms with Gasteiger partial charge in [0.05, 0.1) is 41.6 Å². The van der Waals surface area contributed by atoms with Gasteiger partial charge in [0, 0.05) is 12.3 Å². The van der Waals surface area contributed by atoms with E-state index in [-0.39, 0.29) is 35.7 Å². The number of amides is 2. The van der Waals surface area contributed by atoms with Gasteiger partial charge in [-0.1, -0.05) is 35.9 Å². The second-order valence-electron chi connectivity index (χ2n) is 8.45. The average molecular weight is 511 g/mol. The van der Waals surface area contributed by atoms with Crippen LogP contribution in [-0.4, -0.2) is 55.7 Å². The molecule has 0 bridgehead atoms. The minimum Gasteiger partial charge on any atom is -0.484 e. The molecule has 0 saturated carbocycles. The van der Waals surface area contributed by atoms with Gasteiger partial charge in [0.15, 0.2) is 6.61 Å². The van der Waals surface area contributed by atoms with Gasteiger partial charge in [-0.3, -0.25) is 9.59 Å². The molecule has 2 aromatic rings. The first kappa shape index (κ1) is 25.5. The lowest BCUT2D eigenvalue weighted by Gasteiger charge is -2.21. The van der Waals surface area contributed by atoms with Crippen molar-refractivity contribution in [3.8, 4) is 5.75 Å². The Morgan fingerprint density at radius 1 is 1.19 bits per heavy atom. The molecule has 0 radical (unpaired) electrons. The third-order valence-corrected chi connectivity index (χ3v) is 6.35. The molecule has 2 aliphatic rings. The summed E-state index contributed by atoms with van der Waals surface area (Å²) in [4.78, 5) is 39.5. The van der Waals surface area contributed by atoms with Crippen LogP contribution in [0.3, 0.4) is 0 Å². The van der Waals surface area contributed by atoms with Crippen molar-refractivity contribution < 1.29 is 28.6 Å². The minimum absolute atomic E-state index is 0.0475. The summed E-state index contributed by atoms with van der Waals surface area (Å²) in [6.45, 7) is 2.62. The molecule has 0 aliphatic carbocycles. The van der Waals surface area contributed by atoms with Crippen LogP contribution in [0.15, 0.2) is 65.4 Å². The zero-order valence-electron chi connectivity index (χ0n) is 20.1. The number of methoxy groups -OCH3 is 1. The Labute approximate surface area is 214 Å². The Kier molecular flexibility index (Phi) is 8.07. The van der Waals surface area contributed by atoms with Gasteiger partial charge in [0.25, 0.3) is 11.8 Å². The highest BCUT2D eigenvalue weighted by molar-refractivity contribution is 6.33. The molecule has 9 heteroatoms. The van der Waals surface area contributed by atoms with Gasteiger partial charge in [0.2, 0.25) is 0 Å². The maximum Gasteiger partial charge on any atom is 0.340 e. The summed E-state index contributed by atoms with van der Waals surface area (Å²) in [7, 11) is 1.29. The highest BCUT2D eigenvalue weighted by Crippen LogP contribution is 2.33. The van der Waals surface area contributed by atoms with E-state index >= 15 is 0 Å². The Morgan fingerprint density at radius 3 is 2.61 bits per heavy atom. The van der Waals surface area contributed by atoms with E-state index in [4.69, 9.17) is 25.8 Å². The number of rotatable bonds is 8. The molecular weight excluding hydrogens is 484 g/mol. The van der Waals surface area contributed by atoms with E-state index in [0.717, 1.165) is 12.8 Å². The van der Waals surface area contributed by atoms with Crippen molar-refractivity contribution in [3.63, 3.8) is 0 Å². The summed E-state index contributed by atoms with van der Waals surface area (Å²) >= 11 is 6.06. The average Bonchev–Trinajstić information content (AvgIpc) is 3.47. The number of hydrogen-bond acceptors (Lipinski definition) is 6. The number of hydrogen-bond donors (Lipinski definition) is 1. The predicted molar refractivity (Wildman–Crippen MR) is 135 cm³/mol. The summed E-state index contributed by atoms with van der Waals surface area (Å²) in [6.07, 6.45) is 3.44. The number of carbonyl (C=O) groups excluding carboxylic acids is 3. The topological polar surface area (TPSA) is 94.2 Å². The smallest absolute Gasteiger partial charge is 0.340 e. The van der Waals surface area contributed by atoms with Crippen molar-refractivity contribution in [1.82, 2.24) is 4.90 Å². The first-order chi connectivity index (χ1) is 17.4. The zero-order valence-corrected chi connectivity index (χ0v) is 20.8. The quantitative estimate of drug-likeness (QED) is 0.422. The molecule has 0 unspecified atom stereocenters. The summed E-state index contributed by atoms with van der Waals surface area (Å²) in [5.41, 5.74) is 2.27. The number of anilines is 1. The fourth-order valence-electron chi connectivity index (χ4n) is 4.16. The summed E-state index contributed by atoms with van der Waals surface area (Å²) in [6, 6.07) is 13.8. The number of nitrogens with zero attached hydrogens (tertiary/aromatic N) is 1. The van der Waals surface area contributed by atoms with Crippen molar-refractivity contribution in [1.29, 1.82) is 0 Å². The lowest BCUT2D eigenvalue weighted by atomic mass is 10.0. The van der Waals surface area contributed by atoms with E-state index in [1.165, 1.54) is 7.11 Å². The molecule has 1 atom stereocenters. The minimum atomic E-state index is -0.563. The monoisotopic (exact) mass is 510 g/mol. The molecule has 0 spiro atoms. The largest absolute Gasteiger partial charge is 0.484 e. The standard InChI is InChI=1S/C27H27ClN2O6/c1-17-25(27(33)34-2)21(26(32)30(17)15-20-6-5-13-35-20)14-18-9-11-19(12-10-18)36-16-24(31)29-23-8-4-3-7-22(23)28/h3-4,7-12,14,20H,5-6,13,15-16H2,1-2H3,(H,29,31)/b21-14-/t20-/m1/s1. The first-order valence-corrected chi connectivity index (χ1v) is 12.0. The Balaban J connectivity index is 1.44. The van der Waals surface area contributed by atoms with E-state index in [1.807, 2.05) is 0 Å². The maximum absolute atomic E-state index is 13.2. The summed E-state index contributed by atoms with van der Waals surface area (Å²) in [5.74, 6) is -0.698. The summed E-state index contributed by atoms with van der Waals surface area (Å²) < 4.78 is 16.2. The number of allylic oxidation sites excluding steroid dienone is 1. The first-order valence-electron chi connectivity index (χ1n) is 11.6. The number of carbonyl (C=O) groups is 3. The van der Waals surface area contributed by atoms with Crippen LogP contribution in [0.4, 0.5) is 5.69 Å². The molecule has 8 nitrogen and oxygen atoms in total. The molecule has 0 aromatic heterocycles. The molecule has 1 fully saturated rings. The molecule has 1 N–H and O–H groups in total. The number of benzene rings is 2. The van der Waals surface area contributed by atoms with Crippen LogP contribution in [0.5, 0.6) is 5.75 Å². The number of nitrogens with one attached hydrogen (secondary N) is 1. The maximum atomic E-state index is 13.2. The van der Waals surface area contributed by atoms with Crippen LogP contribution in [0.25, 0.3) is 6.08 Å². The van der Waals surface area contributed by atoms with Crippen molar-refractivity contribution >= 4 is 41.1 Å². The number of esters is 1. The third kappa shape index (κ3) is 5.78. The van der Waals surface area contributed by atoms with E-state index in [1.54, 1.807) is 66.4 Å². The van der Waals surface area contributed by atoms with Crippen LogP contribution in [0.1, 0.15) is 25.3 Å². The molecule has 36 heavy (non-hydrogen) atoms. The Morgan fingerprint density at radius 2 is 1.94 bits per heavy atom. The Hall–Kier alpha value is -3.62. The molecule has 188 valence electrons. The molecule has 1 saturated heterocycles. The van der Waals surface area contributed by atoms with Gasteiger partial charge in [-0.05, 0) is 55.7 Å². The number of halogens is 1. The van der Waals surface area contributed by atoms with Crippen LogP contribution in [-0.2, 0) is 23.9 Å². The highest BCUT2D eigenvalue weighted by atomic mass is 35.5. The van der Waals surface area contributed by atoms with E-state index in [2.05, 4.69) is 5.32 Å². The van der Waals surface area contributed by atoms with E-state index in [9.17, 15) is 14.4 Å². The SMILES string of the molecule is COC(=O)C1=C(C)N(C[C@H]2CCCO2)C(=O)/C1=C\c1ccc(OCC(=O)Nc2ccccc2Cl)cc1. The molecule has 2 heterocycles. The van der Waals surface area contributed by atoms with E-state index < -0.39 is 5.97 Å². The second kappa shape index (κ2) is 11.4. The van der Waals surface area contributed by atoms with Crippen LogP contribution >= 0.6 is 11.6 Å². The van der Waals surface area contributed by atoms with E-state index in [0.29, 0.717) is 40.9 Å². The van der Waals surface area contributed by atoms with Crippen LogP contribution in [0.2, 0.25) is 5.02 Å². The van der Waals surface area contributed by atoms with Crippen molar-refractivity contribution in [3.05, 3.63) is 76.0 Å². The van der Waals surface area contributed by atoms with Crippen molar-refractivity contribution in [2.24, 2.45) is 0 Å². The normalized spacial score (nSPS) is 18.6. The molecule has 2 amide bonds. The molecule has 4 rings (SSSR count). The second-order valence-corrected chi connectivity index (χ2v) is 8.85. The van der Waals surface area contributed by atoms with Gasteiger partial charge < -0.3 is 24.4 Å². The third-order valence-electron chi connectivity index (χ3n) is 6.02. The molecular formula is C27H27ClN2O6. The van der Waals surface area contributed by atoms with Crippen molar-refractivity contribution in [2.45, 2.75) is 25.9 Å². The Bertz CT molecular complexity index is 1220. The van der Waals surface area contributed by atoms with Gasteiger partial charge in [-0.15, -0.1) is 0 Å². The number of para-hydroxylation sites is 1. The highest BCUT2D eigenvalue weighted by Gasteiger charge is 2.38. The van der Waals surface area contributed by atoms with Gasteiger partial charge in [-0.25, -0.2) is 4.79 Å². The zero-order chi connectivity index (χ0) is 25.7. The molecule has 2 aromatic carbocycles. The fourth-order valence-corrected chi connectivity index (χ4v) is 4.35. The van der Waals surface area contributed by atoms with Gasteiger partial charge >= 0.3 is 5.97 Å². The number of ether oxygens (including phenoxy) is 3. The predicted octanol–water partition coefficient (Wildman–Crippen LogP) is 4.21. The summed E-state index contributed by atoms with van der Waals surface area (Å²) in [5, 5.41) is 3.13. The van der Waals surface area contributed by atoms with Gasteiger partial charge in [-0.2, -0.15) is 0 Å².